The zero-order valence-corrected chi connectivity index (χ0v) is 6.73. The summed E-state index contributed by atoms with van der Waals surface area (Å²) in [5.74, 6) is 3.81. The van der Waals surface area contributed by atoms with Crippen molar-refractivity contribution in [2.24, 2.45) is 0 Å². The minimum atomic E-state index is -3.54. The summed E-state index contributed by atoms with van der Waals surface area (Å²) in [5.41, 5.74) is 0. The molecule has 0 fully saturated rings. The first-order valence-electron chi connectivity index (χ1n) is 2.86. The molecule has 0 radical (unpaired) electrons. The molecule has 0 aliphatic rings. The van der Waals surface area contributed by atoms with Crippen LogP contribution in [0.4, 0.5) is 0 Å². The van der Waals surface area contributed by atoms with E-state index in [0.29, 0.717) is 0 Å². The van der Waals surface area contributed by atoms with Gasteiger partial charge in [-0.25, -0.2) is 0 Å². The molecule has 0 N–H and O–H groups in total. The Hall–Kier alpha value is -0.970. The van der Waals surface area contributed by atoms with E-state index in [0.717, 1.165) is 0 Å². The van der Waals surface area contributed by atoms with Crippen molar-refractivity contribution < 1.29 is 12.6 Å². The molecule has 0 aliphatic heterocycles. The summed E-state index contributed by atoms with van der Waals surface area (Å²) in [5, 5.41) is 0. The molecule has 0 aromatic carbocycles. The van der Waals surface area contributed by atoms with Crippen LogP contribution in [-0.4, -0.2) is 20.8 Å². The Labute approximate surface area is 66.9 Å². The van der Waals surface area contributed by atoms with Crippen molar-refractivity contribution in [3.05, 3.63) is 0 Å². The monoisotopic (exact) mass is 172 g/mol. The Balaban J connectivity index is 3.79. The quantitative estimate of drug-likeness (QED) is 0.340. The fourth-order valence-electron chi connectivity index (χ4n) is 0.371. The van der Waals surface area contributed by atoms with E-state index in [1.807, 2.05) is 5.92 Å². The third-order valence-corrected chi connectivity index (χ3v) is 1.82. The van der Waals surface area contributed by atoms with Crippen molar-refractivity contribution in [3.8, 4) is 24.7 Å². The molecule has 0 saturated carbocycles. The summed E-state index contributed by atoms with van der Waals surface area (Å²) < 4.78 is 25.7. The molecule has 0 unspecified atom stereocenters. The molecule has 0 amide bonds. The molecule has 0 aromatic rings. The third-order valence-electron chi connectivity index (χ3n) is 0.769. The summed E-state index contributed by atoms with van der Waals surface area (Å²) in [6, 6.07) is 0. The molecular formula is C7H8O3S. The van der Waals surface area contributed by atoms with E-state index in [4.69, 9.17) is 12.8 Å². The average Bonchev–Trinajstić information content (AvgIpc) is 1.87. The predicted molar refractivity (Wildman–Crippen MR) is 42.0 cm³/mol. The van der Waals surface area contributed by atoms with Crippen LogP contribution in [0.15, 0.2) is 0 Å². The van der Waals surface area contributed by atoms with Gasteiger partial charge >= 0.3 is 0 Å². The smallest absolute Gasteiger partial charge is 0.268 e. The molecule has 0 spiro atoms. The Morgan fingerprint density at radius 2 is 1.91 bits per heavy atom. The van der Waals surface area contributed by atoms with Crippen LogP contribution in [0.1, 0.15) is 6.42 Å². The number of terminal acetylenes is 2. The second kappa shape index (κ2) is 4.79. The number of hydrogen-bond acceptors (Lipinski definition) is 3. The molecule has 4 heteroatoms. The van der Waals surface area contributed by atoms with E-state index < -0.39 is 15.9 Å². The van der Waals surface area contributed by atoms with Gasteiger partial charge in [-0.2, -0.15) is 8.42 Å². The van der Waals surface area contributed by atoms with Gasteiger partial charge in [0.05, 0.1) is 6.61 Å². The maximum absolute atomic E-state index is 10.7. The minimum absolute atomic E-state index is 0.000509. The predicted octanol–water partition coefficient (Wildman–Crippen LogP) is -0.0107. The number of hydrogen-bond donors (Lipinski definition) is 0. The Morgan fingerprint density at radius 3 is 2.36 bits per heavy atom. The highest BCUT2D eigenvalue weighted by Crippen LogP contribution is 1.92. The maximum atomic E-state index is 10.7. The van der Waals surface area contributed by atoms with E-state index in [2.05, 4.69) is 10.1 Å². The Kier molecular flexibility index (Phi) is 4.36. The van der Waals surface area contributed by atoms with Gasteiger partial charge in [0.15, 0.2) is 0 Å². The van der Waals surface area contributed by atoms with Crippen molar-refractivity contribution in [1.82, 2.24) is 0 Å². The van der Waals surface area contributed by atoms with Gasteiger partial charge in [-0.05, 0) is 0 Å². The fourth-order valence-corrected chi connectivity index (χ4v) is 0.996. The first-order chi connectivity index (χ1) is 5.12. The molecule has 3 nitrogen and oxygen atoms in total. The zero-order chi connectivity index (χ0) is 8.74. The summed E-state index contributed by atoms with van der Waals surface area (Å²) in [7, 11) is -3.54. The third kappa shape index (κ3) is 5.47. The molecule has 0 atom stereocenters. The molecule has 0 rings (SSSR count). The fraction of sp³-hybridized carbons (Fsp3) is 0.429. The van der Waals surface area contributed by atoms with Gasteiger partial charge in [0, 0.05) is 6.42 Å². The highest BCUT2D eigenvalue weighted by Gasteiger charge is 2.06. The van der Waals surface area contributed by atoms with Crippen LogP contribution < -0.4 is 0 Å². The topological polar surface area (TPSA) is 43.4 Å². The lowest BCUT2D eigenvalue weighted by Gasteiger charge is -1.97. The lowest BCUT2D eigenvalue weighted by molar-refractivity contribution is 0.329. The van der Waals surface area contributed by atoms with Gasteiger partial charge in [0.1, 0.15) is 5.75 Å². The molecule has 0 aliphatic carbocycles. The van der Waals surface area contributed by atoms with Crippen molar-refractivity contribution >= 4 is 10.1 Å². The summed E-state index contributed by atoms with van der Waals surface area (Å²) in [6.07, 6.45) is 9.90. The second-order valence-electron chi connectivity index (χ2n) is 1.68. The van der Waals surface area contributed by atoms with Crippen LogP contribution in [0.5, 0.6) is 0 Å². The van der Waals surface area contributed by atoms with E-state index in [9.17, 15) is 8.42 Å². The zero-order valence-electron chi connectivity index (χ0n) is 5.91. The SMILES string of the molecule is C#CCCOS(=O)(=O)CC#C. The van der Waals surface area contributed by atoms with Gasteiger partial charge in [-0.1, -0.05) is 5.92 Å². The Bertz CT molecular complexity index is 276. The largest absolute Gasteiger partial charge is 0.278 e. The van der Waals surface area contributed by atoms with Crippen LogP contribution >= 0.6 is 0 Å². The van der Waals surface area contributed by atoms with Crippen LogP contribution in [0.2, 0.25) is 0 Å². The van der Waals surface area contributed by atoms with E-state index in [-0.39, 0.29) is 13.0 Å². The van der Waals surface area contributed by atoms with E-state index in [1.165, 1.54) is 0 Å². The lowest BCUT2D eigenvalue weighted by atomic mass is 10.5. The summed E-state index contributed by atoms with van der Waals surface area (Å²) in [6.45, 7) is 0.000509. The molecular weight excluding hydrogens is 164 g/mol. The summed E-state index contributed by atoms with van der Waals surface area (Å²) >= 11 is 0. The average molecular weight is 172 g/mol. The molecule has 60 valence electrons. The van der Waals surface area contributed by atoms with Gasteiger partial charge in [0.2, 0.25) is 0 Å². The van der Waals surface area contributed by atoms with E-state index in [1.54, 1.807) is 0 Å². The molecule has 0 heterocycles. The minimum Gasteiger partial charge on any atom is -0.268 e. The first-order valence-corrected chi connectivity index (χ1v) is 4.44. The second-order valence-corrected chi connectivity index (χ2v) is 3.32. The van der Waals surface area contributed by atoms with Gasteiger partial charge in [-0.15, -0.1) is 18.8 Å². The van der Waals surface area contributed by atoms with Crippen LogP contribution in [0.3, 0.4) is 0 Å². The van der Waals surface area contributed by atoms with Crippen molar-refractivity contribution in [3.63, 3.8) is 0 Å². The van der Waals surface area contributed by atoms with Crippen molar-refractivity contribution in [1.29, 1.82) is 0 Å². The first kappa shape index (κ1) is 10.0. The standard InChI is InChI=1S/C7H8O3S/c1-3-5-6-10-11(8,9)7-4-2/h1-2H,5-7H2. The van der Waals surface area contributed by atoms with E-state index >= 15 is 0 Å². The van der Waals surface area contributed by atoms with Crippen LogP contribution in [-0.2, 0) is 14.3 Å². The lowest BCUT2D eigenvalue weighted by Crippen LogP contribution is -2.09. The van der Waals surface area contributed by atoms with Gasteiger partial charge in [-0.3, -0.25) is 4.18 Å². The van der Waals surface area contributed by atoms with Crippen LogP contribution in [0.25, 0.3) is 0 Å². The Morgan fingerprint density at radius 1 is 1.27 bits per heavy atom. The highest BCUT2D eigenvalue weighted by atomic mass is 32.2. The van der Waals surface area contributed by atoms with Gasteiger partial charge in [0.25, 0.3) is 10.1 Å². The molecule has 11 heavy (non-hydrogen) atoms. The molecule has 0 saturated heterocycles. The molecule has 0 aromatic heterocycles. The normalized spacial score (nSPS) is 10.0. The molecule has 0 bridgehead atoms. The summed E-state index contributed by atoms with van der Waals surface area (Å²) in [4.78, 5) is 0. The van der Waals surface area contributed by atoms with Crippen LogP contribution in [0, 0.1) is 24.7 Å². The maximum Gasteiger partial charge on any atom is 0.278 e. The van der Waals surface area contributed by atoms with Crippen molar-refractivity contribution in [2.45, 2.75) is 6.42 Å². The highest BCUT2D eigenvalue weighted by molar-refractivity contribution is 7.86. The van der Waals surface area contributed by atoms with Crippen molar-refractivity contribution in [2.75, 3.05) is 12.4 Å². The number of rotatable bonds is 4. The van der Waals surface area contributed by atoms with Gasteiger partial charge < -0.3 is 0 Å².